The molecule has 68 heavy (non-hydrogen) atoms. The van der Waals surface area contributed by atoms with E-state index >= 15 is 0 Å². The second-order valence-corrected chi connectivity index (χ2v) is 15.5. The van der Waals surface area contributed by atoms with Crippen molar-refractivity contribution in [3.05, 3.63) is 96.2 Å². The molecule has 4 N–H and O–H groups in total. The molecule has 0 radical (unpaired) electrons. The molecule has 0 bridgehead atoms. The number of aromatic nitrogens is 1. The van der Waals surface area contributed by atoms with Gasteiger partial charge in [-0.05, 0) is 46.9 Å². The Morgan fingerprint density at radius 1 is 0.588 bits per heavy atom. The number of aliphatic hydroxyl groups is 1. The third-order valence-corrected chi connectivity index (χ3v) is 9.43. The van der Waals surface area contributed by atoms with Gasteiger partial charge < -0.3 is 48.9 Å². The van der Waals surface area contributed by atoms with Crippen molar-refractivity contribution in [3.8, 4) is 0 Å². The standard InChI is InChI=1S/C15H20O5.C12H12N2O4S2.C10H10O4.C5H12O2.C3H4O4/c1-2-8-18-9-10-19-14(16)11-15(17)20-12-13-6-4-3-5-7-13;15-10-4-5-11(16)14(10)18-12(17)6-8-19-20-9-3-1-2-7-13-9;11-9(12)6-10(13)14-7-8-4-2-1-3-5-8;1-2-4-7-5-3-6;4-2(5)1-3(6)7/h3-7H,2,8-12H2,1H3;1-3,7H,4-6,8H2;1-5H,6-7H2,(H,11,12);6H,2-5H2,1H3;1H2,(H,4,5)(H,6,7). The molecule has 0 unspecified atom stereocenters. The Kier molecular flexibility index (Phi) is 37.0. The summed E-state index contributed by atoms with van der Waals surface area (Å²) in [5.41, 5.74) is 1.72. The van der Waals surface area contributed by atoms with Crippen molar-refractivity contribution in [3.63, 3.8) is 0 Å². The van der Waals surface area contributed by atoms with Gasteiger partial charge in [0.25, 0.3) is 11.8 Å². The monoisotopic (exact) mass is 994 g/mol. The number of ether oxygens (including phenoxy) is 5. The van der Waals surface area contributed by atoms with E-state index in [4.69, 9.17) is 48.9 Å². The van der Waals surface area contributed by atoms with Gasteiger partial charge in [0, 0.05) is 38.0 Å². The van der Waals surface area contributed by atoms with Gasteiger partial charge in [-0.15, -0.1) is 5.06 Å². The lowest BCUT2D eigenvalue weighted by Gasteiger charge is -2.12. The highest BCUT2D eigenvalue weighted by molar-refractivity contribution is 8.76. The molecule has 1 aliphatic heterocycles. The second kappa shape index (κ2) is 40.8. The zero-order valence-electron chi connectivity index (χ0n) is 37.7. The number of rotatable bonds is 25. The number of carbonyl (C=O) groups excluding carboxylic acids is 6. The minimum absolute atomic E-state index is 0.108. The highest BCUT2D eigenvalue weighted by Gasteiger charge is 2.32. The molecule has 2 amide bonds. The van der Waals surface area contributed by atoms with E-state index in [0.29, 0.717) is 30.6 Å². The van der Waals surface area contributed by atoms with E-state index in [0.717, 1.165) is 35.6 Å². The largest absolute Gasteiger partial charge is 0.481 e. The van der Waals surface area contributed by atoms with Crippen molar-refractivity contribution in [2.45, 2.75) is 83.5 Å². The number of pyridine rings is 1. The van der Waals surface area contributed by atoms with Gasteiger partial charge in [0.1, 0.15) is 44.1 Å². The zero-order valence-corrected chi connectivity index (χ0v) is 39.4. The number of benzene rings is 2. The second-order valence-electron chi connectivity index (χ2n) is 13.0. The third kappa shape index (κ3) is 36.8. The predicted molar refractivity (Wildman–Crippen MR) is 244 cm³/mol. The Balaban J connectivity index is 0.000000878. The summed E-state index contributed by atoms with van der Waals surface area (Å²) in [5.74, 6) is -6.70. The van der Waals surface area contributed by atoms with Crippen LogP contribution in [0.5, 0.6) is 0 Å². The van der Waals surface area contributed by atoms with Crippen molar-refractivity contribution in [1.82, 2.24) is 10.0 Å². The van der Waals surface area contributed by atoms with Crippen LogP contribution < -0.4 is 0 Å². The highest BCUT2D eigenvalue weighted by Crippen LogP contribution is 2.29. The molecule has 1 aromatic heterocycles. The summed E-state index contributed by atoms with van der Waals surface area (Å²) in [4.78, 5) is 105. The first-order chi connectivity index (χ1) is 32.6. The lowest BCUT2D eigenvalue weighted by Crippen LogP contribution is -2.32. The van der Waals surface area contributed by atoms with Crippen LogP contribution >= 0.6 is 21.6 Å². The number of hydroxylamine groups is 2. The van der Waals surface area contributed by atoms with Crippen molar-refractivity contribution >= 4 is 75.2 Å². The molecule has 3 aromatic rings. The molecule has 23 heteroatoms. The van der Waals surface area contributed by atoms with E-state index in [-0.39, 0.29) is 52.1 Å². The Bertz CT molecular complexity index is 1890. The number of esters is 3. The van der Waals surface area contributed by atoms with E-state index in [2.05, 4.69) is 4.98 Å². The summed E-state index contributed by atoms with van der Waals surface area (Å²) in [7, 11) is 2.92. The Morgan fingerprint density at radius 3 is 1.53 bits per heavy atom. The molecule has 0 saturated carbocycles. The molecule has 4 rings (SSSR count). The maximum Gasteiger partial charge on any atom is 0.334 e. The summed E-state index contributed by atoms with van der Waals surface area (Å²) in [6.07, 6.45) is 2.21. The highest BCUT2D eigenvalue weighted by atomic mass is 33.1. The molecular formula is C45H58N2O19S2. The van der Waals surface area contributed by atoms with Gasteiger partial charge in [-0.2, -0.15) is 0 Å². The van der Waals surface area contributed by atoms with Gasteiger partial charge in [-0.1, -0.05) is 91.4 Å². The number of carbonyl (C=O) groups is 9. The molecule has 1 fully saturated rings. The molecule has 1 saturated heterocycles. The van der Waals surface area contributed by atoms with Gasteiger partial charge in [-0.25, -0.2) is 9.78 Å². The van der Waals surface area contributed by atoms with E-state index in [1.165, 1.54) is 21.6 Å². The fourth-order valence-corrected chi connectivity index (χ4v) is 6.05. The van der Waals surface area contributed by atoms with E-state index in [1.807, 2.05) is 80.6 Å². The summed E-state index contributed by atoms with van der Waals surface area (Å²) < 4.78 is 24.6. The van der Waals surface area contributed by atoms with Crippen LogP contribution in [0.25, 0.3) is 0 Å². The maximum absolute atomic E-state index is 11.5. The van der Waals surface area contributed by atoms with Gasteiger partial charge >= 0.3 is 41.8 Å². The lowest BCUT2D eigenvalue weighted by atomic mass is 10.2. The summed E-state index contributed by atoms with van der Waals surface area (Å²) in [5, 5.41) is 33.3. The van der Waals surface area contributed by atoms with E-state index in [9.17, 15) is 43.2 Å². The average molecular weight is 995 g/mol. The first-order valence-corrected chi connectivity index (χ1v) is 23.2. The number of imide groups is 1. The number of hydrogen-bond acceptors (Lipinski definition) is 19. The molecule has 1 aliphatic rings. The maximum atomic E-state index is 11.5. The van der Waals surface area contributed by atoms with Crippen LogP contribution in [0.3, 0.4) is 0 Å². The van der Waals surface area contributed by atoms with Crippen LogP contribution in [0, 0.1) is 0 Å². The summed E-state index contributed by atoms with van der Waals surface area (Å²) in [6.45, 7) is 6.83. The Labute approximate surface area is 401 Å². The smallest absolute Gasteiger partial charge is 0.334 e. The number of hydrogen-bond donors (Lipinski definition) is 4. The number of aliphatic carboxylic acids is 3. The predicted octanol–water partition coefficient (Wildman–Crippen LogP) is 5.06. The molecule has 374 valence electrons. The van der Waals surface area contributed by atoms with Gasteiger partial charge in [0.15, 0.2) is 0 Å². The van der Waals surface area contributed by atoms with E-state index < -0.39 is 66.4 Å². The number of aliphatic hydroxyl groups excluding tert-OH is 1. The van der Waals surface area contributed by atoms with E-state index in [1.54, 1.807) is 18.3 Å². The number of carboxylic acid groups (broad SMARTS) is 3. The lowest BCUT2D eigenvalue weighted by molar-refractivity contribution is -0.197. The molecule has 0 aliphatic carbocycles. The van der Waals surface area contributed by atoms with Gasteiger partial charge in [0.2, 0.25) is 0 Å². The third-order valence-electron chi connectivity index (χ3n) is 7.17. The number of nitrogens with zero attached hydrogens (tertiary/aromatic N) is 2. The van der Waals surface area contributed by atoms with Crippen LogP contribution in [-0.4, -0.2) is 129 Å². The average Bonchev–Trinajstić information content (AvgIpc) is 3.62. The van der Waals surface area contributed by atoms with Gasteiger partial charge in [-0.3, -0.25) is 38.4 Å². The van der Waals surface area contributed by atoms with Crippen molar-refractivity contribution in [1.29, 1.82) is 0 Å². The Morgan fingerprint density at radius 2 is 1.07 bits per heavy atom. The van der Waals surface area contributed by atoms with Crippen molar-refractivity contribution in [2.24, 2.45) is 0 Å². The number of carboxylic acids is 3. The van der Waals surface area contributed by atoms with Crippen molar-refractivity contribution in [2.75, 3.05) is 45.4 Å². The van der Waals surface area contributed by atoms with Crippen LogP contribution in [0.2, 0.25) is 0 Å². The fraction of sp³-hybridized carbons (Fsp3) is 0.422. The summed E-state index contributed by atoms with van der Waals surface area (Å²) in [6, 6.07) is 24.0. The minimum atomic E-state index is -1.31. The molecule has 2 aromatic carbocycles. The quantitative estimate of drug-likeness (QED) is 0.0215. The first kappa shape index (κ1) is 61.6. The summed E-state index contributed by atoms with van der Waals surface area (Å²) >= 11 is 0. The first-order valence-electron chi connectivity index (χ1n) is 20.8. The molecular weight excluding hydrogens is 937 g/mol. The van der Waals surface area contributed by atoms with Crippen LogP contribution in [0.4, 0.5) is 0 Å². The molecule has 21 nitrogen and oxygen atoms in total. The minimum Gasteiger partial charge on any atom is -0.481 e. The topological polar surface area (TPSA) is 306 Å². The molecule has 0 spiro atoms. The normalized spacial score (nSPS) is 11.0. The van der Waals surface area contributed by atoms with Gasteiger partial charge in [0.05, 0.1) is 26.2 Å². The molecule has 0 atom stereocenters. The van der Waals surface area contributed by atoms with Crippen LogP contribution in [0.1, 0.15) is 76.3 Å². The van der Waals surface area contributed by atoms with Crippen molar-refractivity contribution < 1.29 is 92.1 Å². The Hall–Kier alpha value is -6.40. The molecule has 2 heterocycles. The van der Waals surface area contributed by atoms with Crippen LogP contribution in [0.15, 0.2) is 90.1 Å². The fourth-order valence-electron chi connectivity index (χ4n) is 4.20. The zero-order chi connectivity index (χ0) is 50.8. The van der Waals surface area contributed by atoms with Crippen LogP contribution in [-0.2, 0) is 84.9 Å². The number of amides is 2. The SMILES string of the molecule is CCCOCCO.CCCOCCOC(=O)CC(=O)OCc1ccccc1.O=C(CCSSc1ccccn1)ON1C(=O)CCC1=O.O=C(O)CC(=O)O.O=C(O)CC(=O)OCc1ccccc1.